The summed E-state index contributed by atoms with van der Waals surface area (Å²) >= 11 is 6.28. The highest BCUT2D eigenvalue weighted by atomic mass is 35.5. The van der Waals surface area contributed by atoms with E-state index in [0.717, 1.165) is 18.7 Å². The van der Waals surface area contributed by atoms with Crippen molar-refractivity contribution in [2.45, 2.75) is 6.10 Å². The minimum absolute atomic E-state index is 0. The van der Waals surface area contributed by atoms with Gasteiger partial charge in [0.15, 0.2) is 0 Å². The van der Waals surface area contributed by atoms with Gasteiger partial charge in [0.25, 0.3) is 5.91 Å². The molecule has 2 N–H and O–H groups in total. The molecule has 1 fully saturated rings. The van der Waals surface area contributed by atoms with Crippen LogP contribution < -0.4 is 10.6 Å². The first kappa shape index (κ1) is 19.2. The van der Waals surface area contributed by atoms with E-state index in [1.165, 1.54) is 12.3 Å². The number of carbonyl (C=O) groups is 1. The van der Waals surface area contributed by atoms with Crippen LogP contribution in [0.15, 0.2) is 36.5 Å². The van der Waals surface area contributed by atoms with Crippen molar-refractivity contribution < 1.29 is 9.53 Å². The van der Waals surface area contributed by atoms with E-state index in [-0.39, 0.29) is 30.1 Å². The molecule has 1 saturated heterocycles. The summed E-state index contributed by atoms with van der Waals surface area (Å²) in [5.41, 5.74) is 2.09. The average molecular weight is 379 g/mol. The SMILES string of the molecule is Cl.N#Cc1ccc(C(=O)Nc2ccc([C@@H]3CNCCO3)cc2Cl)cn1. The molecule has 0 radical (unpaired) electrons. The Kier molecular flexibility index (Phi) is 6.73. The summed E-state index contributed by atoms with van der Waals surface area (Å²) in [6.45, 7) is 2.24. The molecule has 1 aliphatic heterocycles. The standard InChI is InChI=1S/C17H15ClN4O2.ClH/c18-14-7-11(16-10-20-5-6-24-16)2-4-15(14)22-17(23)12-1-3-13(8-19)21-9-12;/h1-4,7,9,16,20H,5-6,10H2,(H,22,23);1H/t16-;/m0./s1. The molecule has 130 valence electrons. The smallest absolute Gasteiger partial charge is 0.257 e. The molecule has 1 aromatic heterocycles. The lowest BCUT2D eigenvalue weighted by molar-refractivity contribution is 0.0277. The van der Waals surface area contributed by atoms with E-state index in [9.17, 15) is 4.79 Å². The van der Waals surface area contributed by atoms with Gasteiger partial charge in [0.1, 0.15) is 11.8 Å². The van der Waals surface area contributed by atoms with Crippen LogP contribution in [0.25, 0.3) is 0 Å². The average Bonchev–Trinajstić information content (AvgIpc) is 2.64. The molecule has 25 heavy (non-hydrogen) atoms. The van der Waals surface area contributed by atoms with Gasteiger partial charge in [0.2, 0.25) is 0 Å². The molecule has 1 atom stereocenters. The van der Waals surface area contributed by atoms with Crippen molar-refractivity contribution in [3.8, 4) is 6.07 Å². The van der Waals surface area contributed by atoms with Crippen LogP contribution in [0.5, 0.6) is 0 Å². The fourth-order valence-corrected chi connectivity index (χ4v) is 2.64. The molecule has 0 aliphatic carbocycles. The lowest BCUT2D eigenvalue weighted by Crippen LogP contribution is -2.33. The highest BCUT2D eigenvalue weighted by Gasteiger charge is 2.17. The number of ether oxygens (including phenoxy) is 1. The maximum Gasteiger partial charge on any atom is 0.257 e. The summed E-state index contributed by atoms with van der Waals surface area (Å²) in [5, 5.41) is 15.2. The predicted molar refractivity (Wildman–Crippen MR) is 97.2 cm³/mol. The molecule has 1 amide bonds. The van der Waals surface area contributed by atoms with Crippen molar-refractivity contribution in [1.82, 2.24) is 10.3 Å². The summed E-state index contributed by atoms with van der Waals surface area (Å²) in [7, 11) is 0. The number of hydrogen-bond acceptors (Lipinski definition) is 5. The number of morpholine rings is 1. The topological polar surface area (TPSA) is 87.0 Å². The number of nitriles is 1. The van der Waals surface area contributed by atoms with Crippen LogP contribution in [0.2, 0.25) is 5.02 Å². The zero-order valence-electron chi connectivity index (χ0n) is 13.2. The fourth-order valence-electron chi connectivity index (χ4n) is 2.40. The van der Waals surface area contributed by atoms with E-state index in [2.05, 4.69) is 15.6 Å². The first-order valence-corrected chi connectivity index (χ1v) is 7.84. The van der Waals surface area contributed by atoms with Crippen LogP contribution in [0.3, 0.4) is 0 Å². The monoisotopic (exact) mass is 378 g/mol. The second kappa shape index (κ2) is 8.79. The number of aromatic nitrogens is 1. The third-order valence-electron chi connectivity index (χ3n) is 3.68. The Morgan fingerprint density at radius 1 is 1.40 bits per heavy atom. The minimum Gasteiger partial charge on any atom is -0.371 e. The normalized spacial score (nSPS) is 16.4. The summed E-state index contributed by atoms with van der Waals surface area (Å²) in [6.07, 6.45) is 1.32. The van der Waals surface area contributed by atoms with Crippen molar-refractivity contribution in [2.75, 3.05) is 25.0 Å². The quantitative estimate of drug-likeness (QED) is 0.856. The number of halogens is 2. The molecular formula is C17H16Cl2N4O2. The fraction of sp³-hybridized carbons (Fsp3) is 0.235. The second-order valence-corrected chi connectivity index (χ2v) is 5.71. The van der Waals surface area contributed by atoms with E-state index in [1.807, 2.05) is 12.1 Å². The van der Waals surface area contributed by atoms with Crippen LogP contribution in [-0.4, -0.2) is 30.6 Å². The number of hydrogen-bond donors (Lipinski definition) is 2. The van der Waals surface area contributed by atoms with Gasteiger partial charge in [0, 0.05) is 19.3 Å². The Hall–Kier alpha value is -2.17. The molecule has 1 aromatic carbocycles. The van der Waals surface area contributed by atoms with Gasteiger partial charge in [-0.25, -0.2) is 4.98 Å². The number of rotatable bonds is 3. The van der Waals surface area contributed by atoms with E-state index in [0.29, 0.717) is 22.9 Å². The van der Waals surface area contributed by atoms with Crippen molar-refractivity contribution in [2.24, 2.45) is 0 Å². The van der Waals surface area contributed by atoms with Gasteiger partial charge in [0.05, 0.1) is 29.0 Å². The minimum atomic E-state index is -0.336. The number of amides is 1. The maximum absolute atomic E-state index is 12.2. The van der Waals surface area contributed by atoms with Crippen LogP contribution in [0.4, 0.5) is 5.69 Å². The van der Waals surface area contributed by atoms with E-state index in [1.54, 1.807) is 18.2 Å². The van der Waals surface area contributed by atoms with Gasteiger partial charge in [-0.15, -0.1) is 12.4 Å². The number of nitrogens with zero attached hydrogens (tertiary/aromatic N) is 2. The Balaban J connectivity index is 0.00000225. The summed E-state index contributed by atoms with van der Waals surface area (Å²) < 4.78 is 5.69. The highest BCUT2D eigenvalue weighted by molar-refractivity contribution is 6.34. The molecule has 6 nitrogen and oxygen atoms in total. The predicted octanol–water partition coefficient (Wildman–Crippen LogP) is 2.94. The molecule has 3 rings (SSSR count). The number of pyridine rings is 1. The first-order chi connectivity index (χ1) is 11.7. The van der Waals surface area contributed by atoms with E-state index in [4.69, 9.17) is 21.6 Å². The second-order valence-electron chi connectivity index (χ2n) is 5.30. The molecule has 0 spiro atoms. The van der Waals surface area contributed by atoms with Gasteiger partial charge in [-0.3, -0.25) is 4.79 Å². The zero-order valence-corrected chi connectivity index (χ0v) is 14.7. The van der Waals surface area contributed by atoms with Crippen molar-refractivity contribution in [3.05, 3.63) is 58.4 Å². The lowest BCUT2D eigenvalue weighted by atomic mass is 10.1. The number of carbonyl (C=O) groups excluding carboxylic acids is 1. The Labute approximate surface area is 156 Å². The van der Waals surface area contributed by atoms with E-state index >= 15 is 0 Å². The van der Waals surface area contributed by atoms with E-state index < -0.39 is 0 Å². The summed E-state index contributed by atoms with van der Waals surface area (Å²) in [6, 6.07) is 10.4. The summed E-state index contributed by atoms with van der Waals surface area (Å²) in [5.74, 6) is -0.336. The molecule has 0 bridgehead atoms. The molecule has 0 saturated carbocycles. The number of benzene rings is 1. The molecule has 2 heterocycles. The molecule has 1 aliphatic rings. The first-order valence-electron chi connectivity index (χ1n) is 7.46. The van der Waals surface area contributed by atoms with Crippen LogP contribution in [0, 0.1) is 11.3 Å². The van der Waals surface area contributed by atoms with Gasteiger partial charge >= 0.3 is 0 Å². The van der Waals surface area contributed by atoms with Gasteiger partial charge < -0.3 is 15.4 Å². The largest absolute Gasteiger partial charge is 0.371 e. The van der Waals surface area contributed by atoms with Crippen molar-refractivity contribution in [1.29, 1.82) is 5.26 Å². The van der Waals surface area contributed by atoms with Gasteiger partial charge in [-0.05, 0) is 29.8 Å². The zero-order chi connectivity index (χ0) is 16.9. The lowest BCUT2D eigenvalue weighted by Gasteiger charge is -2.24. The van der Waals surface area contributed by atoms with Crippen molar-refractivity contribution in [3.63, 3.8) is 0 Å². The van der Waals surface area contributed by atoms with Gasteiger partial charge in [-0.2, -0.15) is 5.26 Å². The maximum atomic E-state index is 12.2. The molecule has 2 aromatic rings. The van der Waals surface area contributed by atoms with Crippen molar-refractivity contribution >= 4 is 35.6 Å². The Bertz CT molecular complexity index is 784. The molecular weight excluding hydrogens is 363 g/mol. The molecule has 0 unspecified atom stereocenters. The number of nitrogens with one attached hydrogen (secondary N) is 2. The molecule has 8 heteroatoms. The summed E-state index contributed by atoms with van der Waals surface area (Å²) in [4.78, 5) is 16.1. The number of anilines is 1. The van der Waals surface area contributed by atoms with Gasteiger partial charge in [-0.1, -0.05) is 17.7 Å². The third kappa shape index (κ3) is 4.68. The third-order valence-corrected chi connectivity index (χ3v) is 3.99. The highest BCUT2D eigenvalue weighted by Crippen LogP contribution is 2.28. The van der Waals surface area contributed by atoms with Crippen LogP contribution in [0.1, 0.15) is 27.7 Å². The Morgan fingerprint density at radius 3 is 2.84 bits per heavy atom. The van der Waals surface area contributed by atoms with Crippen LogP contribution >= 0.6 is 24.0 Å². The van der Waals surface area contributed by atoms with Crippen LogP contribution in [-0.2, 0) is 4.74 Å². The Morgan fingerprint density at radius 2 is 2.24 bits per heavy atom.